The van der Waals surface area contributed by atoms with E-state index in [1.165, 1.54) is 6.92 Å². The predicted octanol–water partition coefficient (Wildman–Crippen LogP) is 3.34. The zero-order valence-electron chi connectivity index (χ0n) is 12.8. The zero-order chi connectivity index (χ0) is 15.0. The number of ether oxygens (including phenoxy) is 3. The summed E-state index contributed by atoms with van der Waals surface area (Å²) in [6.07, 6.45) is 1.04. The van der Waals surface area contributed by atoms with Gasteiger partial charge in [-0.05, 0) is 31.4 Å². The third-order valence-corrected chi connectivity index (χ3v) is 2.89. The van der Waals surface area contributed by atoms with Gasteiger partial charge in [-0.2, -0.15) is 0 Å². The molecule has 0 fully saturated rings. The summed E-state index contributed by atoms with van der Waals surface area (Å²) in [6, 6.07) is 5.20. The van der Waals surface area contributed by atoms with E-state index in [0.29, 0.717) is 36.2 Å². The molecular weight excluding hydrogens is 256 g/mol. The van der Waals surface area contributed by atoms with Crippen molar-refractivity contribution < 1.29 is 19.0 Å². The zero-order valence-corrected chi connectivity index (χ0v) is 12.8. The molecule has 4 heteroatoms. The maximum atomic E-state index is 11.5. The fourth-order valence-corrected chi connectivity index (χ4v) is 1.67. The Balaban J connectivity index is 2.47. The number of hydrogen-bond donors (Lipinski definition) is 0. The summed E-state index contributed by atoms with van der Waals surface area (Å²) in [5, 5.41) is 0. The number of methoxy groups -OCH3 is 1. The summed E-state index contributed by atoms with van der Waals surface area (Å²) in [7, 11) is 1.58. The van der Waals surface area contributed by atoms with Crippen LogP contribution in [0.5, 0.6) is 11.5 Å². The van der Waals surface area contributed by atoms with E-state index >= 15 is 0 Å². The van der Waals surface area contributed by atoms with Crippen LogP contribution in [-0.4, -0.2) is 32.7 Å². The normalized spacial score (nSPS) is 10.7. The quantitative estimate of drug-likeness (QED) is 0.514. The topological polar surface area (TPSA) is 44.8 Å². The van der Waals surface area contributed by atoms with Gasteiger partial charge >= 0.3 is 0 Å². The van der Waals surface area contributed by atoms with E-state index in [9.17, 15) is 4.79 Å². The molecule has 0 aliphatic rings. The van der Waals surface area contributed by atoms with Crippen LogP contribution in [0.1, 0.15) is 37.6 Å². The number of ketones is 1. The summed E-state index contributed by atoms with van der Waals surface area (Å²) in [5.41, 5.74) is 0.563. The summed E-state index contributed by atoms with van der Waals surface area (Å²) in [5.74, 6) is 1.83. The molecule has 1 aromatic rings. The van der Waals surface area contributed by atoms with E-state index in [-0.39, 0.29) is 5.78 Å². The second-order valence-corrected chi connectivity index (χ2v) is 5.06. The highest BCUT2D eigenvalue weighted by Gasteiger charge is 2.09. The van der Waals surface area contributed by atoms with Crippen LogP contribution in [0.4, 0.5) is 0 Å². The van der Waals surface area contributed by atoms with Crippen LogP contribution < -0.4 is 9.47 Å². The molecule has 0 amide bonds. The van der Waals surface area contributed by atoms with Gasteiger partial charge < -0.3 is 14.2 Å². The standard InChI is InChI=1S/C16H24O4/c1-12(2)7-8-19-9-10-20-16-11-14(18-4)5-6-15(16)13(3)17/h5-6,11-12H,7-10H2,1-4H3. The van der Waals surface area contributed by atoms with Gasteiger partial charge in [0, 0.05) is 12.7 Å². The van der Waals surface area contributed by atoms with Crippen LogP contribution in [0.2, 0.25) is 0 Å². The van der Waals surface area contributed by atoms with E-state index in [2.05, 4.69) is 13.8 Å². The lowest BCUT2D eigenvalue weighted by Crippen LogP contribution is -2.10. The Bertz CT molecular complexity index is 426. The maximum absolute atomic E-state index is 11.5. The fraction of sp³-hybridized carbons (Fsp3) is 0.562. The second kappa shape index (κ2) is 8.59. The van der Waals surface area contributed by atoms with Crippen molar-refractivity contribution in [3.8, 4) is 11.5 Å². The molecule has 112 valence electrons. The highest BCUT2D eigenvalue weighted by atomic mass is 16.5. The highest BCUT2D eigenvalue weighted by molar-refractivity contribution is 5.97. The molecule has 1 rings (SSSR count). The molecular formula is C16H24O4. The molecule has 0 aromatic heterocycles. The molecule has 0 spiro atoms. The number of Topliss-reactive ketones (excluding diaryl/α,β-unsaturated/α-hetero) is 1. The third kappa shape index (κ3) is 5.61. The molecule has 0 atom stereocenters. The first-order valence-corrected chi connectivity index (χ1v) is 6.94. The Labute approximate surface area is 121 Å². The Kier molecular flexibility index (Phi) is 7.09. The Hall–Kier alpha value is -1.55. The van der Waals surface area contributed by atoms with Gasteiger partial charge in [0.1, 0.15) is 18.1 Å². The lowest BCUT2D eigenvalue weighted by atomic mass is 10.1. The fourth-order valence-electron chi connectivity index (χ4n) is 1.67. The largest absolute Gasteiger partial charge is 0.497 e. The number of carbonyl (C=O) groups excluding carboxylic acids is 1. The average molecular weight is 280 g/mol. The van der Waals surface area contributed by atoms with Crippen molar-refractivity contribution in [3.63, 3.8) is 0 Å². The molecule has 0 saturated heterocycles. The summed E-state index contributed by atoms with van der Waals surface area (Å²) >= 11 is 0. The van der Waals surface area contributed by atoms with E-state index in [0.717, 1.165) is 13.0 Å². The minimum atomic E-state index is -0.0246. The molecule has 4 nitrogen and oxygen atoms in total. The molecule has 0 radical (unpaired) electrons. The van der Waals surface area contributed by atoms with Crippen molar-refractivity contribution in [1.29, 1.82) is 0 Å². The minimum Gasteiger partial charge on any atom is -0.497 e. The van der Waals surface area contributed by atoms with Crippen LogP contribution in [0.3, 0.4) is 0 Å². The molecule has 0 bridgehead atoms. The first-order chi connectivity index (χ1) is 9.54. The molecule has 0 aliphatic heterocycles. The molecule has 0 heterocycles. The van der Waals surface area contributed by atoms with Gasteiger partial charge in [0.05, 0.1) is 19.3 Å². The Morgan fingerprint density at radius 3 is 2.55 bits per heavy atom. The van der Waals surface area contributed by atoms with Crippen LogP contribution >= 0.6 is 0 Å². The van der Waals surface area contributed by atoms with Crippen LogP contribution in [0.25, 0.3) is 0 Å². The first-order valence-electron chi connectivity index (χ1n) is 6.94. The van der Waals surface area contributed by atoms with Crippen molar-refractivity contribution >= 4 is 5.78 Å². The van der Waals surface area contributed by atoms with Gasteiger partial charge in [-0.1, -0.05) is 13.8 Å². The lowest BCUT2D eigenvalue weighted by molar-refractivity contribution is 0.0906. The predicted molar refractivity (Wildman–Crippen MR) is 78.8 cm³/mol. The minimum absolute atomic E-state index is 0.0246. The maximum Gasteiger partial charge on any atom is 0.163 e. The summed E-state index contributed by atoms with van der Waals surface area (Å²) in [4.78, 5) is 11.5. The second-order valence-electron chi connectivity index (χ2n) is 5.06. The van der Waals surface area contributed by atoms with Crippen molar-refractivity contribution in [2.75, 3.05) is 26.9 Å². The smallest absolute Gasteiger partial charge is 0.163 e. The lowest BCUT2D eigenvalue weighted by Gasteiger charge is -2.12. The average Bonchev–Trinajstić information content (AvgIpc) is 2.41. The van der Waals surface area contributed by atoms with Crippen molar-refractivity contribution in [1.82, 2.24) is 0 Å². The Morgan fingerprint density at radius 2 is 1.95 bits per heavy atom. The third-order valence-electron chi connectivity index (χ3n) is 2.89. The van der Waals surface area contributed by atoms with E-state index in [4.69, 9.17) is 14.2 Å². The van der Waals surface area contributed by atoms with Crippen LogP contribution in [-0.2, 0) is 4.74 Å². The number of benzene rings is 1. The molecule has 1 aromatic carbocycles. The van der Waals surface area contributed by atoms with Gasteiger partial charge in [0.15, 0.2) is 5.78 Å². The molecule has 0 aliphatic carbocycles. The van der Waals surface area contributed by atoms with E-state index < -0.39 is 0 Å². The molecule has 20 heavy (non-hydrogen) atoms. The van der Waals surface area contributed by atoms with Crippen LogP contribution in [0, 0.1) is 5.92 Å². The highest BCUT2D eigenvalue weighted by Crippen LogP contribution is 2.25. The van der Waals surface area contributed by atoms with Crippen molar-refractivity contribution in [2.45, 2.75) is 27.2 Å². The van der Waals surface area contributed by atoms with Crippen molar-refractivity contribution in [3.05, 3.63) is 23.8 Å². The molecule has 0 N–H and O–H groups in total. The number of rotatable bonds is 9. The van der Waals surface area contributed by atoms with Gasteiger partial charge in [-0.3, -0.25) is 4.79 Å². The van der Waals surface area contributed by atoms with Gasteiger partial charge in [-0.15, -0.1) is 0 Å². The van der Waals surface area contributed by atoms with Crippen molar-refractivity contribution in [2.24, 2.45) is 5.92 Å². The van der Waals surface area contributed by atoms with Gasteiger partial charge in [0.2, 0.25) is 0 Å². The summed E-state index contributed by atoms with van der Waals surface area (Å²) < 4.78 is 16.2. The SMILES string of the molecule is COc1ccc(C(C)=O)c(OCCOCCC(C)C)c1. The number of hydrogen-bond acceptors (Lipinski definition) is 4. The van der Waals surface area contributed by atoms with E-state index in [1.807, 2.05) is 0 Å². The van der Waals surface area contributed by atoms with Gasteiger partial charge in [-0.25, -0.2) is 0 Å². The van der Waals surface area contributed by atoms with Crippen LogP contribution in [0.15, 0.2) is 18.2 Å². The van der Waals surface area contributed by atoms with Gasteiger partial charge in [0.25, 0.3) is 0 Å². The summed E-state index contributed by atoms with van der Waals surface area (Å²) in [6.45, 7) is 7.52. The first kappa shape index (κ1) is 16.5. The Morgan fingerprint density at radius 1 is 1.20 bits per heavy atom. The molecule has 0 unspecified atom stereocenters. The number of carbonyl (C=O) groups is 1. The van der Waals surface area contributed by atoms with E-state index in [1.54, 1.807) is 25.3 Å². The molecule has 0 saturated carbocycles. The monoisotopic (exact) mass is 280 g/mol.